The van der Waals surface area contributed by atoms with Crippen LogP contribution in [0.1, 0.15) is 16.1 Å². The predicted molar refractivity (Wildman–Crippen MR) is 89.4 cm³/mol. The smallest absolute Gasteiger partial charge is 0.459 e. The van der Waals surface area contributed by atoms with Gasteiger partial charge < -0.3 is 9.84 Å². The van der Waals surface area contributed by atoms with E-state index in [0.717, 1.165) is 36.4 Å². The predicted octanol–water partition coefficient (Wildman–Crippen LogP) is 3.53. The summed E-state index contributed by atoms with van der Waals surface area (Å²) in [5.74, 6) is -8.06. The molecule has 156 valence electrons. The molecule has 3 heterocycles. The van der Waals surface area contributed by atoms with Gasteiger partial charge in [0.2, 0.25) is 0 Å². The first-order valence-corrected chi connectivity index (χ1v) is 8.59. The molecular formula is C14H9ClF5N5O3S. The number of methoxy groups -OCH3 is 1. The largest absolute Gasteiger partial charge is 0.503 e. The molecule has 0 saturated heterocycles. The number of hydrogen-bond acceptors (Lipinski definition) is 7. The quantitative estimate of drug-likeness (QED) is 0.476. The number of aromatic nitrogens is 5. The van der Waals surface area contributed by atoms with Crippen LogP contribution < -0.4 is 0 Å². The molecule has 3 aromatic heterocycles. The first kappa shape index (κ1) is 21.0. The fourth-order valence-corrected chi connectivity index (χ4v) is 3.53. The van der Waals surface area contributed by atoms with Crippen molar-refractivity contribution in [3.63, 3.8) is 0 Å². The summed E-state index contributed by atoms with van der Waals surface area (Å²) in [4.78, 5) is 12.0. The topological polar surface area (TPSA) is 95.1 Å². The molecule has 0 fully saturated rings. The van der Waals surface area contributed by atoms with E-state index in [1.54, 1.807) is 0 Å². The number of aromatic hydroxyl groups is 1. The van der Waals surface area contributed by atoms with Gasteiger partial charge in [-0.05, 0) is 6.07 Å². The van der Waals surface area contributed by atoms with Gasteiger partial charge in [-0.15, -0.1) is 16.4 Å². The van der Waals surface area contributed by atoms with E-state index in [1.165, 1.54) is 6.07 Å². The van der Waals surface area contributed by atoms with Crippen molar-refractivity contribution in [3.05, 3.63) is 27.9 Å². The van der Waals surface area contributed by atoms with Crippen LogP contribution in [-0.2, 0) is 17.7 Å². The average molecular weight is 458 g/mol. The third-order valence-electron chi connectivity index (χ3n) is 3.70. The Morgan fingerprint density at radius 2 is 1.97 bits per heavy atom. The molecule has 3 aromatic rings. The standard InChI is InChI=1S/C14H9ClF5N5O3S/c1-24-11(8(26)9(22-24)13(16,17)14(18,19)20)25-4-6(21-23-25)7-3-5(10(15)29-7)12(27)28-2/h3-4,26H,1-2H3. The molecule has 0 radical (unpaired) electrons. The molecule has 1 N–H and O–H groups in total. The molecule has 0 aromatic carbocycles. The number of hydrogen-bond donors (Lipinski definition) is 1. The maximum Gasteiger partial charge on any atom is 0.459 e. The van der Waals surface area contributed by atoms with E-state index in [2.05, 4.69) is 20.1 Å². The van der Waals surface area contributed by atoms with Gasteiger partial charge in [0.05, 0.1) is 23.7 Å². The number of thiophene rings is 1. The van der Waals surface area contributed by atoms with E-state index >= 15 is 0 Å². The number of rotatable bonds is 4. The number of alkyl halides is 5. The number of carbonyl (C=O) groups is 1. The Morgan fingerprint density at radius 3 is 2.55 bits per heavy atom. The van der Waals surface area contributed by atoms with E-state index in [1.807, 2.05) is 0 Å². The number of ether oxygens (including phenoxy) is 1. The molecule has 29 heavy (non-hydrogen) atoms. The lowest BCUT2D eigenvalue weighted by atomic mass is 10.2. The fourth-order valence-electron chi connectivity index (χ4n) is 2.33. The van der Waals surface area contributed by atoms with E-state index in [0.29, 0.717) is 9.56 Å². The minimum atomic E-state index is -5.96. The molecule has 8 nitrogen and oxygen atoms in total. The van der Waals surface area contributed by atoms with Crippen LogP contribution >= 0.6 is 22.9 Å². The number of nitrogens with zero attached hydrogens (tertiary/aromatic N) is 5. The minimum Gasteiger partial charge on any atom is -0.503 e. The number of halogens is 6. The summed E-state index contributed by atoms with van der Waals surface area (Å²) in [7, 11) is 2.20. The van der Waals surface area contributed by atoms with Crippen molar-refractivity contribution in [2.75, 3.05) is 7.11 Å². The highest BCUT2D eigenvalue weighted by molar-refractivity contribution is 7.19. The Hall–Kier alpha value is -2.74. The summed E-state index contributed by atoms with van der Waals surface area (Å²) in [6.07, 6.45) is -4.82. The molecule has 3 rings (SSSR count). The molecule has 0 aliphatic carbocycles. The third-order valence-corrected chi connectivity index (χ3v) is 5.08. The first-order chi connectivity index (χ1) is 13.4. The van der Waals surface area contributed by atoms with Crippen LogP contribution in [0, 0.1) is 0 Å². The van der Waals surface area contributed by atoms with E-state index in [4.69, 9.17) is 11.6 Å². The van der Waals surface area contributed by atoms with Gasteiger partial charge in [-0.2, -0.15) is 31.7 Å². The SMILES string of the molecule is COC(=O)c1cc(-c2cn(-c3c(O)c(C(F)(F)C(F)(F)F)nn3C)nn2)sc1Cl. The summed E-state index contributed by atoms with van der Waals surface area (Å²) in [6, 6.07) is 1.35. The van der Waals surface area contributed by atoms with Gasteiger partial charge >= 0.3 is 18.1 Å². The Morgan fingerprint density at radius 1 is 1.31 bits per heavy atom. The van der Waals surface area contributed by atoms with Crippen LogP contribution in [0.15, 0.2) is 12.3 Å². The maximum atomic E-state index is 13.6. The summed E-state index contributed by atoms with van der Waals surface area (Å²) in [6.45, 7) is 0. The molecule has 0 bridgehead atoms. The molecular weight excluding hydrogens is 449 g/mol. The minimum absolute atomic E-state index is 0.0548. The van der Waals surface area contributed by atoms with Crippen molar-refractivity contribution in [1.82, 2.24) is 24.8 Å². The van der Waals surface area contributed by atoms with Gasteiger partial charge in [-0.25, -0.2) is 9.48 Å². The first-order valence-electron chi connectivity index (χ1n) is 7.40. The van der Waals surface area contributed by atoms with E-state index in [9.17, 15) is 31.9 Å². The van der Waals surface area contributed by atoms with Crippen molar-refractivity contribution < 1.29 is 36.6 Å². The van der Waals surface area contributed by atoms with Crippen LogP contribution in [-0.4, -0.2) is 49.1 Å². The number of carbonyl (C=O) groups excluding carboxylic acids is 1. The van der Waals surface area contributed by atoms with Gasteiger partial charge in [0, 0.05) is 7.05 Å². The van der Waals surface area contributed by atoms with E-state index < -0.39 is 35.3 Å². The summed E-state index contributed by atoms with van der Waals surface area (Å²) < 4.78 is 71.0. The highest BCUT2D eigenvalue weighted by atomic mass is 35.5. The molecule has 0 saturated carbocycles. The third kappa shape index (κ3) is 3.42. The Balaban J connectivity index is 2.03. The Kier molecular flexibility index (Phi) is 5.03. The van der Waals surface area contributed by atoms with Crippen LogP contribution in [0.2, 0.25) is 4.34 Å². The van der Waals surface area contributed by atoms with Crippen LogP contribution in [0.25, 0.3) is 16.4 Å². The van der Waals surface area contributed by atoms with Gasteiger partial charge in [-0.1, -0.05) is 16.8 Å². The van der Waals surface area contributed by atoms with Crippen molar-refractivity contribution in [2.24, 2.45) is 7.05 Å². The highest BCUT2D eigenvalue weighted by Crippen LogP contribution is 2.47. The molecule has 0 amide bonds. The summed E-state index contributed by atoms with van der Waals surface area (Å²) in [5, 5.41) is 20.4. The Labute approximate surface area is 167 Å². The van der Waals surface area contributed by atoms with E-state index in [-0.39, 0.29) is 15.6 Å². The summed E-state index contributed by atoms with van der Waals surface area (Å²) in [5.41, 5.74) is -1.71. The second kappa shape index (κ2) is 6.95. The number of esters is 1. The lowest BCUT2D eigenvalue weighted by molar-refractivity contribution is -0.291. The molecule has 0 atom stereocenters. The molecule has 0 aliphatic heterocycles. The zero-order valence-electron chi connectivity index (χ0n) is 14.3. The van der Waals surface area contributed by atoms with Gasteiger partial charge in [-0.3, -0.25) is 0 Å². The zero-order valence-corrected chi connectivity index (χ0v) is 15.9. The van der Waals surface area contributed by atoms with Crippen molar-refractivity contribution in [3.8, 4) is 22.1 Å². The molecule has 0 aliphatic rings. The lowest BCUT2D eigenvalue weighted by Gasteiger charge is -2.17. The lowest BCUT2D eigenvalue weighted by Crippen LogP contribution is -2.34. The van der Waals surface area contributed by atoms with Gasteiger partial charge in [0.15, 0.2) is 17.3 Å². The van der Waals surface area contributed by atoms with Gasteiger partial charge in [0.1, 0.15) is 10.0 Å². The van der Waals surface area contributed by atoms with Crippen LogP contribution in [0.5, 0.6) is 5.75 Å². The maximum absolute atomic E-state index is 13.6. The second-order valence-electron chi connectivity index (χ2n) is 5.55. The molecule has 0 spiro atoms. The van der Waals surface area contributed by atoms with Gasteiger partial charge in [0.25, 0.3) is 0 Å². The average Bonchev–Trinajstić information content (AvgIpc) is 3.31. The molecule has 0 unspecified atom stereocenters. The van der Waals surface area contributed by atoms with Crippen LogP contribution in [0.3, 0.4) is 0 Å². The number of aryl methyl sites for hydroxylation is 1. The summed E-state index contributed by atoms with van der Waals surface area (Å²) >= 11 is 6.89. The molecule has 15 heteroatoms. The zero-order chi connectivity index (χ0) is 21.7. The second-order valence-corrected chi connectivity index (χ2v) is 7.21. The Bertz CT molecular complexity index is 1090. The normalized spacial score (nSPS) is 12.4. The highest BCUT2D eigenvalue weighted by Gasteiger charge is 2.62. The fraction of sp³-hybridized carbons (Fsp3) is 0.286. The van der Waals surface area contributed by atoms with Crippen molar-refractivity contribution in [2.45, 2.75) is 12.1 Å². The van der Waals surface area contributed by atoms with Crippen molar-refractivity contribution in [1.29, 1.82) is 0 Å². The van der Waals surface area contributed by atoms with Crippen LogP contribution in [0.4, 0.5) is 22.0 Å². The van der Waals surface area contributed by atoms with Crippen molar-refractivity contribution >= 4 is 28.9 Å². The monoisotopic (exact) mass is 457 g/mol.